The molecular weight excluding hydrogens is 516 g/mol. The SMILES string of the molecule is CNc1cc2[nH]c(=O)n(-c3ccc(NC(=O)[N-]Sc4ccc(Cl)s4)cc3)c(=O)c2cc1F.[K+]. The molecule has 0 bridgehead atoms. The third-order valence-corrected chi connectivity index (χ3v) is 6.47. The minimum Gasteiger partial charge on any atom is -0.424 e. The Morgan fingerprint density at radius 2 is 1.91 bits per heavy atom. The molecule has 0 spiro atoms. The van der Waals surface area contributed by atoms with Crippen LogP contribution in [-0.2, 0) is 0 Å². The number of aromatic nitrogens is 2. The fourth-order valence-corrected chi connectivity index (χ4v) is 4.73. The zero-order valence-electron chi connectivity index (χ0n) is 17.3. The molecule has 0 saturated heterocycles. The number of halogens is 2. The first-order valence-corrected chi connectivity index (χ1v) is 11.0. The summed E-state index contributed by atoms with van der Waals surface area (Å²) in [7, 11) is 1.54. The van der Waals surface area contributed by atoms with Gasteiger partial charge in [-0.15, -0.1) is 11.3 Å². The van der Waals surface area contributed by atoms with Crippen LogP contribution in [-0.4, -0.2) is 22.6 Å². The second-order valence-electron chi connectivity index (χ2n) is 6.42. The number of urea groups is 1. The Balaban J connectivity index is 0.00000306. The summed E-state index contributed by atoms with van der Waals surface area (Å²) in [5.74, 6) is -0.611. The first kappa shape index (κ1) is 26.0. The molecule has 4 rings (SSSR count). The molecule has 4 aromatic rings. The van der Waals surface area contributed by atoms with E-state index in [1.807, 2.05) is 0 Å². The summed E-state index contributed by atoms with van der Waals surface area (Å²) in [6.07, 6.45) is 0. The predicted octanol–water partition coefficient (Wildman–Crippen LogP) is 2.19. The van der Waals surface area contributed by atoms with Crippen molar-refractivity contribution in [2.24, 2.45) is 0 Å². The zero-order valence-corrected chi connectivity index (χ0v) is 22.8. The van der Waals surface area contributed by atoms with Crippen molar-refractivity contribution in [1.82, 2.24) is 9.55 Å². The molecule has 0 aliphatic carbocycles. The predicted molar refractivity (Wildman–Crippen MR) is 127 cm³/mol. The van der Waals surface area contributed by atoms with Gasteiger partial charge < -0.3 is 20.3 Å². The van der Waals surface area contributed by atoms with Gasteiger partial charge in [-0.2, -0.15) is 0 Å². The van der Waals surface area contributed by atoms with Crippen LogP contribution in [0.5, 0.6) is 0 Å². The Bertz CT molecular complexity index is 1440. The van der Waals surface area contributed by atoms with Crippen molar-refractivity contribution in [3.63, 3.8) is 0 Å². The van der Waals surface area contributed by atoms with Gasteiger partial charge in [0.25, 0.3) is 5.56 Å². The van der Waals surface area contributed by atoms with Crippen LogP contribution in [0, 0.1) is 5.82 Å². The maximum Gasteiger partial charge on any atom is 1.00 e. The number of aromatic amines is 1. The van der Waals surface area contributed by atoms with E-state index in [0.717, 1.165) is 26.8 Å². The molecule has 8 nitrogen and oxygen atoms in total. The zero-order chi connectivity index (χ0) is 22.8. The molecule has 0 atom stereocenters. The van der Waals surface area contributed by atoms with E-state index in [9.17, 15) is 18.8 Å². The minimum atomic E-state index is -0.672. The molecular formula is C20H14ClFKN5O3S2. The van der Waals surface area contributed by atoms with Gasteiger partial charge in [0, 0.05) is 7.05 Å². The molecule has 33 heavy (non-hydrogen) atoms. The van der Waals surface area contributed by atoms with E-state index in [4.69, 9.17) is 11.6 Å². The number of carbonyl (C=O) groups excluding carboxylic acids is 1. The summed E-state index contributed by atoms with van der Waals surface area (Å²) in [6, 6.07) is 11.4. The number of thiophene rings is 1. The van der Waals surface area contributed by atoms with Crippen LogP contribution in [0.15, 0.2) is 62.3 Å². The summed E-state index contributed by atoms with van der Waals surface area (Å²) in [5, 5.41) is 5.28. The van der Waals surface area contributed by atoms with Crippen molar-refractivity contribution in [3.8, 4) is 5.69 Å². The second-order valence-corrected chi connectivity index (χ2v) is 9.19. The number of hydrogen-bond donors (Lipinski definition) is 3. The Kier molecular flexibility index (Phi) is 8.80. The quantitative estimate of drug-likeness (QED) is 0.271. The first-order valence-electron chi connectivity index (χ1n) is 9.07. The molecule has 0 unspecified atom stereocenters. The molecule has 0 radical (unpaired) electrons. The maximum absolute atomic E-state index is 14.1. The number of hydrogen-bond acceptors (Lipinski definition) is 6. The Morgan fingerprint density at radius 1 is 1.18 bits per heavy atom. The van der Waals surface area contributed by atoms with Gasteiger partial charge in [0.1, 0.15) is 5.82 Å². The maximum atomic E-state index is 14.1. The normalized spacial score (nSPS) is 10.5. The van der Waals surface area contributed by atoms with Crippen molar-refractivity contribution in [1.29, 1.82) is 0 Å². The summed E-state index contributed by atoms with van der Waals surface area (Å²) in [5.41, 5.74) is -0.277. The van der Waals surface area contributed by atoms with Crippen LogP contribution in [0.2, 0.25) is 4.34 Å². The van der Waals surface area contributed by atoms with Crippen molar-refractivity contribution < 1.29 is 60.6 Å². The fourth-order valence-electron chi connectivity index (χ4n) is 2.94. The van der Waals surface area contributed by atoms with Gasteiger partial charge >= 0.3 is 57.1 Å². The number of amides is 2. The van der Waals surface area contributed by atoms with Crippen LogP contribution in [0.3, 0.4) is 0 Å². The van der Waals surface area contributed by atoms with Gasteiger partial charge in [-0.05, 0) is 42.1 Å². The molecule has 2 heterocycles. The molecule has 0 aliphatic heterocycles. The van der Waals surface area contributed by atoms with E-state index in [1.54, 1.807) is 12.1 Å². The minimum absolute atomic E-state index is 0. The van der Waals surface area contributed by atoms with E-state index in [0.29, 0.717) is 10.0 Å². The van der Waals surface area contributed by atoms with E-state index in [2.05, 4.69) is 20.3 Å². The van der Waals surface area contributed by atoms with Gasteiger partial charge in [-0.25, -0.2) is 13.8 Å². The molecule has 0 aliphatic rings. The number of nitrogens with one attached hydrogen (secondary N) is 3. The van der Waals surface area contributed by atoms with E-state index in [-0.39, 0.29) is 73.7 Å². The molecule has 0 fully saturated rings. The van der Waals surface area contributed by atoms with E-state index < -0.39 is 23.1 Å². The monoisotopic (exact) mass is 529 g/mol. The number of benzene rings is 2. The number of rotatable bonds is 5. The second kappa shape index (κ2) is 11.2. The molecule has 0 saturated carbocycles. The van der Waals surface area contributed by atoms with Crippen LogP contribution in [0.4, 0.5) is 20.6 Å². The third-order valence-electron chi connectivity index (χ3n) is 4.40. The van der Waals surface area contributed by atoms with Gasteiger partial charge in [0.2, 0.25) is 0 Å². The summed E-state index contributed by atoms with van der Waals surface area (Å²) < 4.78 is 20.2. The van der Waals surface area contributed by atoms with Crippen LogP contribution in [0.25, 0.3) is 21.3 Å². The van der Waals surface area contributed by atoms with Gasteiger partial charge in [-0.1, -0.05) is 35.7 Å². The van der Waals surface area contributed by atoms with Crippen LogP contribution >= 0.6 is 34.9 Å². The first-order chi connectivity index (χ1) is 15.4. The Labute approximate surface area is 242 Å². The average Bonchev–Trinajstić information content (AvgIpc) is 3.19. The smallest absolute Gasteiger partial charge is 0.424 e. The summed E-state index contributed by atoms with van der Waals surface area (Å²) in [6.45, 7) is 0. The van der Waals surface area contributed by atoms with Crippen LogP contribution < -0.4 is 73.3 Å². The Morgan fingerprint density at radius 3 is 2.55 bits per heavy atom. The number of fused-ring (bicyclic) bond motifs is 1. The molecule has 2 aromatic heterocycles. The number of nitrogens with zero attached hydrogens (tertiary/aromatic N) is 2. The van der Waals surface area contributed by atoms with Gasteiger partial charge in [-0.3, -0.25) is 9.59 Å². The van der Waals surface area contributed by atoms with Gasteiger partial charge in [0.05, 0.1) is 30.8 Å². The molecule has 2 amide bonds. The third kappa shape index (κ3) is 5.89. The molecule has 13 heteroatoms. The summed E-state index contributed by atoms with van der Waals surface area (Å²) >= 11 is 8.14. The average molecular weight is 530 g/mol. The van der Waals surface area contributed by atoms with Crippen molar-refractivity contribution in [2.75, 3.05) is 17.7 Å². The fraction of sp³-hybridized carbons (Fsp3) is 0.0500. The van der Waals surface area contributed by atoms with Crippen molar-refractivity contribution >= 4 is 63.2 Å². The Hall–Kier alpha value is -1.64. The topological polar surface area (TPSA) is 110 Å². The largest absolute Gasteiger partial charge is 1.00 e. The van der Waals surface area contributed by atoms with E-state index >= 15 is 0 Å². The molecule has 3 N–H and O–H groups in total. The van der Waals surface area contributed by atoms with E-state index in [1.165, 1.54) is 48.7 Å². The summed E-state index contributed by atoms with van der Waals surface area (Å²) in [4.78, 5) is 40.0. The standard InChI is InChI=1S/C20H15ClFN5O3S2.K/c1-23-15-9-14-12(8-13(15)22)18(28)27(20(30)25-14)11-4-2-10(3-5-11)24-19(29)26-32-17-7-6-16(21)31-17;/h2-9H,1H3,(H4,23,24,25,26,28,29,30);/q;+1/p-1. The van der Waals surface area contributed by atoms with Crippen LogP contribution in [0.1, 0.15) is 0 Å². The van der Waals surface area contributed by atoms with Gasteiger partial charge in [0.15, 0.2) is 6.03 Å². The number of carbonyl (C=O) groups is 1. The molecule has 2 aromatic carbocycles. The molecule has 164 valence electrons. The van der Waals surface area contributed by atoms with Crippen molar-refractivity contribution in [2.45, 2.75) is 4.21 Å². The number of H-pyrrole nitrogens is 1. The van der Waals surface area contributed by atoms with Crippen molar-refractivity contribution in [3.05, 3.63) is 84.2 Å². The number of anilines is 2.